The average Bonchev–Trinajstić information content (AvgIpc) is 2.16. The summed E-state index contributed by atoms with van der Waals surface area (Å²) in [6.07, 6.45) is -0.953. The number of methoxy groups -OCH3 is 1. The van der Waals surface area contributed by atoms with Gasteiger partial charge in [0.15, 0.2) is 0 Å². The number of hydrogen-bond donors (Lipinski definition) is 2. The van der Waals surface area contributed by atoms with E-state index >= 15 is 0 Å². The van der Waals surface area contributed by atoms with Gasteiger partial charge in [-0.15, -0.1) is 0 Å². The van der Waals surface area contributed by atoms with Crippen LogP contribution in [0.1, 0.15) is 11.7 Å². The van der Waals surface area contributed by atoms with Crippen molar-refractivity contribution in [3.05, 3.63) is 29.6 Å². The Morgan fingerprint density at radius 1 is 1.62 bits per heavy atom. The molecule has 1 aromatic rings. The van der Waals surface area contributed by atoms with Crippen LogP contribution in [0.25, 0.3) is 0 Å². The summed E-state index contributed by atoms with van der Waals surface area (Å²) in [7, 11) is 1.45. The number of aliphatic hydroxyl groups is 1. The number of nitrogens with two attached hydrogens (primary N) is 1. The molecule has 13 heavy (non-hydrogen) atoms. The Morgan fingerprint density at radius 2 is 2.31 bits per heavy atom. The van der Waals surface area contributed by atoms with Gasteiger partial charge in [0.05, 0.1) is 13.2 Å². The molecular weight excluding hydrogens is 173 g/mol. The van der Waals surface area contributed by atoms with Crippen LogP contribution in [0, 0.1) is 5.82 Å². The van der Waals surface area contributed by atoms with Crippen molar-refractivity contribution in [1.29, 1.82) is 0 Å². The first-order valence-corrected chi connectivity index (χ1v) is 3.90. The normalized spacial score (nSPS) is 12.6. The molecule has 3 nitrogen and oxygen atoms in total. The first-order valence-electron chi connectivity index (χ1n) is 3.90. The zero-order valence-electron chi connectivity index (χ0n) is 7.33. The zero-order valence-corrected chi connectivity index (χ0v) is 7.33. The third-order valence-corrected chi connectivity index (χ3v) is 1.79. The maximum Gasteiger partial charge on any atom is 0.132 e. The Bertz CT molecular complexity index is 291. The fourth-order valence-corrected chi connectivity index (χ4v) is 1.03. The number of halogens is 1. The minimum atomic E-state index is -0.953. The highest BCUT2D eigenvalue weighted by Crippen LogP contribution is 2.20. The van der Waals surface area contributed by atoms with Crippen molar-refractivity contribution in [3.63, 3.8) is 0 Å². The van der Waals surface area contributed by atoms with E-state index in [-0.39, 0.29) is 12.1 Å². The fourth-order valence-electron chi connectivity index (χ4n) is 1.03. The van der Waals surface area contributed by atoms with Gasteiger partial charge in [0.25, 0.3) is 0 Å². The Kier molecular flexibility index (Phi) is 3.22. The van der Waals surface area contributed by atoms with Crippen molar-refractivity contribution in [2.24, 2.45) is 5.73 Å². The molecule has 1 rings (SSSR count). The van der Waals surface area contributed by atoms with Crippen LogP contribution in [0.3, 0.4) is 0 Å². The first-order chi connectivity index (χ1) is 6.19. The predicted octanol–water partition coefficient (Wildman–Crippen LogP) is 0.826. The van der Waals surface area contributed by atoms with E-state index in [1.165, 1.54) is 19.2 Å². The van der Waals surface area contributed by atoms with Crippen LogP contribution < -0.4 is 10.5 Å². The summed E-state index contributed by atoms with van der Waals surface area (Å²) in [6, 6.07) is 4.26. The van der Waals surface area contributed by atoms with Crippen molar-refractivity contribution in [2.75, 3.05) is 13.7 Å². The molecule has 0 bridgehead atoms. The average molecular weight is 185 g/mol. The Labute approximate surface area is 75.9 Å². The quantitative estimate of drug-likeness (QED) is 0.733. The lowest BCUT2D eigenvalue weighted by molar-refractivity contribution is 0.181. The van der Waals surface area contributed by atoms with Crippen LogP contribution >= 0.6 is 0 Å². The van der Waals surface area contributed by atoms with Gasteiger partial charge in [-0.2, -0.15) is 0 Å². The van der Waals surface area contributed by atoms with Crippen molar-refractivity contribution in [1.82, 2.24) is 0 Å². The summed E-state index contributed by atoms with van der Waals surface area (Å²) >= 11 is 0. The molecule has 0 fully saturated rings. The maximum atomic E-state index is 13.2. The standard InChI is InChI=1S/C9H12FNO2/c1-13-6-2-3-7(8(10)4-6)9(12)5-11/h2-4,9,12H,5,11H2,1H3/t9-/m1/s1. The highest BCUT2D eigenvalue weighted by Gasteiger charge is 2.11. The van der Waals surface area contributed by atoms with Gasteiger partial charge >= 0.3 is 0 Å². The van der Waals surface area contributed by atoms with E-state index in [1.54, 1.807) is 6.07 Å². The minimum Gasteiger partial charge on any atom is -0.497 e. The van der Waals surface area contributed by atoms with Gasteiger partial charge in [-0.1, -0.05) is 0 Å². The molecule has 0 unspecified atom stereocenters. The summed E-state index contributed by atoms with van der Waals surface area (Å²) in [5.74, 6) is -0.0808. The molecule has 0 radical (unpaired) electrons. The molecular formula is C9H12FNO2. The van der Waals surface area contributed by atoms with Gasteiger partial charge in [0.1, 0.15) is 11.6 Å². The molecule has 0 saturated carbocycles. The van der Waals surface area contributed by atoms with Crippen LogP contribution in [-0.4, -0.2) is 18.8 Å². The van der Waals surface area contributed by atoms with E-state index < -0.39 is 11.9 Å². The molecule has 1 aromatic carbocycles. The molecule has 0 aliphatic carbocycles. The first kappa shape index (κ1) is 9.95. The van der Waals surface area contributed by atoms with Crippen LogP contribution in [0.5, 0.6) is 5.75 Å². The van der Waals surface area contributed by atoms with Gasteiger partial charge in [0, 0.05) is 18.2 Å². The van der Waals surface area contributed by atoms with Crippen molar-refractivity contribution in [3.8, 4) is 5.75 Å². The van der Waals surface area contributed by atoms with Crippen molar-refractivity contribution < 1.29 is 14.2 Å². The molecule has 1 atom stereocenters. The molecule has 72 valence electrons. The second-order valence-electron chi connectivity index (χ2n) is 2.64. The summed E-state index contributed by atoms with van der Waals surface area (Å²) in [5.41, 5.74) is 5.39. The molecule has 0 aromatic heterocycles. The smallest absolute Gasteiger partial charge is 0.132 e. The fraction of sp³-hybridized carbons (Fsp3) is 0.333. The summed E-state index contributed by atoms with van der Waals surface area (Å²) in [5, 5.41) is 9.27. The molecule has 0 spiro atoms. The molecule has 0 amide bonds. The molecule has 0 saturated heterocycles. The van der Waals surface area contributed by atoms with Crippen LogP contribution in [-0.2, 0) is 0 Å². The SMILES string of the molecule is COc1ccc([C@H](O)CN)c(F)c1. The van der Waals surface area contributed by atoms with E-state index in [4.69, 9.17) is 10.5 Å². The van der Waals surface area contributed by atoms with Gasteiger partial charge in [-0.05, 0) is 12.1 Å². The van der Waals surface area contributed by atoms with E-state index in [9.17, 15) is 9.50 Å². The van der Waals surface area contributed by atoms with E-state index in [1.807, 2.05) is 0 Å². The second kappa shape index (κ2) is 4.20. The Balaban J connectivity index is 2.98. The minimum absolute atomic E-state index is 0.00322. The number of benzene rings is 1. The molecule has 3 N–H and O–H groups in total. The van der Waals surface area contributed by atoms with Gasteiger partial charge in [-0.25, -0.2) is 4.39 Å². The van der Waals surface area contributed by atoms with Crippen LogP contribution in [0.4, 0.5) is 4.39 Å². The Hall–Kier alpha value is -1.13. The second-order valence-corrected chi connectivity index (χ2v) is 2.64. The Morgan fingerprint density at radius 3 is 2.77 bits per heavy atom. The summed E-state index contributed by atoms with van der Waals surface area (Å²) in [6.45, 7) is 0.00322. The van der Waals surface area contributed by atoms with Crippen LogP contribution in [0.15, 0.2) is 18.2 Å². The largest absolute Gasteiger partial charge is 0.497 e. The molecule has 0 aliphatic heterocycles. The molecule has 4 heteroatoms. The summed E-state index contributed by atoms with van der Waals surface area (Å²) < 4.78 is 18.0. The lowest BCUT2D eigenvalue weighted by atomic mass is 10.1. The number of rotatable bonds is 3. The lowest BCUT2D eigenvalue weighted by Crippen LogP contribution is -2.12. The topological polar surface area (TPSA) is 55.5 Å². The maximum absolute atomic E-state index is 13.2. The monoisotopic (exact) mass is 185 g/mol. The predicted molar refractivity (Wildman–Crippen MR) is 47.0 cm³/mol. The van der Waals surface area contributed by atoms with Crippen LogP contribution in [0.2, 0.25) is 0 Å². The number of aliphatic hydroxyl groups excluding tert-OH is 1. The highest BCUT2D eigenvalue weighted by molar-refractivity contribution is 5.30. The van der Waals surface area contributed by atoms with Gasteiger partial charge in [-0.3, -0.25) is 0 Å². The molecule has 0 aliphatic rings. The lowest BCUT2D eigenvalue weighted by Gasteiger charge is -2.09. The zero-order chi connectivity index (χ0) is 9.84. The third kappa shape index (κ3) is 2.17. The third-order valence-electron chi connectivity index (χ3n) is 1.79. The molecule has 0 heterocycles. The highest BCUT2D eigenvalue weighted by atomic mass is 19.1. The van der Waals surface area contributed by atoms with Crippen molar-refractivity contribution in [2.45, 2.75) is 6.10 Å². The van der Waals surface area contributed by atoms with Gasteiger partial charge in [0.2, 0.25) is 0 Å². The number of hydrogen-bond acceptors (Lipinski definition) is 3. The van der Waals surface area contributed by atoms with Gasteiger partial charge < -0.3 is 15.6 Å². The van der Waals surface area contributed by atoms with E-state index in [0.29, 0.717) is 5.75 Å². The van der Waals surface area contributed by atoms with E-state index in [2.05, 4.69) is 0 Å². The van der Waals surface area contributed by atoms with Crippen molar-refractivity contribution >= 4 is 0 Å². The summed E-state index contributed by atoms with van der Waals surface area (Å²) in [4.78, 5) is 0. The number of ether oxygens (including phenoxy) is 1. The van der Waals surface area contributed by atoms with E-state index in [0.717, 1.165) is 0 Å².